The Kier molecular flexibility index (Phi) is 6.77. The third-order valence-corrected chi connectivity index (χ3v) is 3.99. The lowest BCUT2D eigenvalue weighted by molar-refractivity contribution is -0.383. The summed E-state index contributed by atoms with van der Waals surface area (Å²) < 4.78 is 5.33. The van der Waals surface area contributed by atoms with Crippen molar-refractivity contribution >= 4 is 23.4 Å². The van der Waals surface area contributed by atoms with E-state index < -0.39 is 22.5 Å². The molecule has 0 radical (unpaired) electrons. The van der Waals surface area contributed by atoms with Gasteiger partial charge in [-0.15, -0.1) is 0 Å². The van der Waals surface area contributed by atoms with Crippen LogP contribution in [0.2, 0.25) is 0 Å². The second kappa shape index (κ2) is 9.05. The van der Waals surface area contributed by atoms with E-state index in [9.17, 15) is 25.0 Å². The average molecular weight is 401 g/mol. The fraction of sp³-hybridized carbons (Fsp3) is 0.421. The molecule has 1 aliphatic heterocycles. The second-order valence-electron chi connectivity index (χ2n) is 7.39. The molecule has 0 atom stereocenters. The van der Waals surface area contributed by atoms with Crippen molar-refractivity contribution < 1.29 is 19.2 Å². The number of anilines is 1. The number of carbonyl (C=O) groups is 2. The first-order chi connectivity index (χ1) is 13.6. The molecule has 0 bridgehead atoms. The fourth-order valence-corrected chi connectivity index (χ4v) is 2.61. The van der Waals surface area contributed by atoms with Crippen LogP contribution in [0.5, 0.6) is 0 Å². The largest absolute Gasteiger partial charge is 0.444 e. The number of nitrogens with one attached hydrogen (secondary N) is 1. The lowest BCUT2D eigenvalue weighted by Crippen LogP contribution is -2.48. The van der Waals surface area contributed by atoms with Gasteiger partial charge in [-0.25, -0.2) is 4.79 Å². The van der Waals surface area contributed by atoms with Gasteiger partial charge in [0.25, 0.3) is 11.6 Å². The van der Waals surface area contributed by atoms with Crippen LogP contribution < -0.4 is 5.32 Å². The number of hydrogen-bond acceptors (Lipinski definition) is 7. The quantitative estimate of drug-likeness (QED) is 0.355. The molecule has 1 N–H and O–H groups in total. The van der Waals surface area contributed by atoms with Crippen LogP contribution >= 0.6 is 0 Å². The Hall–Kier alpha value is -3.61. The van der Waals surface area contributed by atoms with Crippen molar-refractivity contribution in [2.45, 2.75) is 26.4 Å². The van der Waals surface area contributed by atoms with Crippen molar-refractivity contribution in [1.29, 1.82) is 5.26 Å². The first-order valence-electron chi connectivity index (χ1n) is 8.99. The zero-order valence-electron chi connectivity index (χ0n) is 16.5. The summed E-state index contributed by atoms with van der Waals surface area (Å²) in [7, 11) is 0. The number of nitrogens with zero attached hydrogens (tertiary/aromatic N) is 4. The normalized spacial score (nSPS) is 14.8. The standard InChI is InChI=1S/C19H23N5O5/c1-19(2,3)29-18(26)23-10-8-22(9-11-23)13-14(12-20)17(25)21-15-6-4-5-7-16(15)24(27)28/h4-7,13H,8-11H2,1-3H3,(H,21,25)/b14-13-. The van der Waals surface area contributed by atoms with Crippen LogP contribution in [0.3, 0.4) is 0 Å². The third-order valence-electron chi connectivity index (χ3n) is 3.99. The van der Waals surface area contributed by atoms with E-state index in [4.69, 9.17) is 4.74 Å². The number of piperazine rings is 1. The van der Waals surface area contributed by atoms with Gasteiger partial charge >= 0.3 is 6.09 Å². The minimum Gasteiger partial charge on any atom is -0.444 e. The van der Waals surface area contributed by atoms with E-state index >= 15 is 0 Å². The predicted octanol–water partition coefficient (Wildman–Crippen LogP) is 2.49. The van der Waals surface area contributed by atoms with Gasteiger partial charge in [0.1, 0.15) is 22.9 Å². The van der Waals surface area contributed by atoms with E-state index in [1.54, 1.807) is 36.6 Å². The minimum atomic E-state index is -0.739. The number of amides is 2. The highest BCUT2D eigenvalue weighted by molar-refractivity contribution is 6.07. The molecule has 0 saturated carbocycles. The van der Waals surface area contributed by atoms with Crippen molar-refractivity contribution in [3.8, 4) is 6.07 Å². The molecule has 2 rings (SSSR count). The summed E-state index contributed by atoms with van der Waals surface area (Å²) in [5.74, 6) is -0.739. The van der Waals surface area contributed by atoms with Gasteiger partial charge < -0.3 is 19.9 Å². The summed E-state index contributed by atoms with van der Waals surface area (Å²) in [6.07, 6.45) is 0.993. The third kappa shape index (κ3) is 6.21. The molecule has 1 heterocycles. The maximum atomic E-state index is 12.4. The number of ether oxygens (including phenoxy) is 1. The van der Waals surface area contributed by atoms with E-state index in [2.05, 4.69) is 5.32 Å². The van der Waals surface area contributed by atoms with Gasteiger partial charge in [-0.3, -0.25) is 14.9 Å². The molecule has 10 nitrogen and oxygen atoms in total. The smallest absolute Gasteiger partial charge is 0.410 e. The summed E-state index contributed by atoms with van der Waals surface area (Å²) in [6.45, 7) is 6.98. The van der Waals surface area contributed by atoms with E-state index in [0.717, 1.165) is 0 Å². The maximum Gasteiger partial charge on any atom is 0.410 e. The summed E-state index contributed by atoms with van der Waals surface area (Å²) in [4.78, 5) is 38.2. The van der Waals surface area contributed by atoms with E-state index in [0.29, 0.717) is 26.2 Å². The highest BCUT2D eigenvalue weighted by Crippen LogP contribution is 2.23. The fourth-order valence-electron chi connectivity index (χ4n) is 2.61. The lowest BCUT2D eigenvalue weighted by atomic mass is 10.2. The van der Waals surface area contributed by atoms with Gasteiger partial charge in [-0.05, 0) is 26.8 Å². The molecule has 0 aliphatic carbocycles. The number of carbonyl (C=O) groups excluding carboxylic acids is 2. The SMILES string of the molecule is CC(C)(C)OC(=O)N1CCN(/C=C(/C#N)C(=O)Nc2ccccc2[N+](=O)[O-])CC1. The van der Waals surface area contributed by atoms with Crippen molar-refractivity contribution in [2.24, 2.45) is 0 Å². The molecule has 0 aromatic heterocycles. The van der Waals surface area contributed by atoms with Gasteiger partial charge in [0.15, 0.2) is 0 Å². The number of para-hydroxylation sites is 2. The zero-order chi connectivity index (χ0) is 21.6. The number of benzene rings is 1. The molecule has 1 aromatic carbocycles. The molecule has 29 heavy (non-hydrogen) atoms. The maximum absolute atomic E-state index is 12.4. The number of nitriles is 1. The molecule has 0 spiro atoms. The topological polar surface area (TPSA) is 129 Å². The van der Waals surface area contributed by atoms with Crippen LogP contribution in [0, 0.1) is 21.4 Å². The van der Waals surface area contributed by atoms with E-state index in [1.807, 2.05) is 6.07 Å². The lowest BCUT2D eigenvalue weighted by Gasteiger charge is -2.35. The Bertz CT molecular complexity index is 860. The molecule has 1 fully saturated rings. The Morgan fingerprint density at radius 1 is 1.24 bits per heavy atom. The number of nitro benzene ring substituents is 1. The van der Waals surface area contributed by atoms with Gasteiger partial charge in [0.05, 0.1) is 4.92 Å². The Morgan fingerprint density at radius 3 is 2.41 bits per heavy atom. The molecule has 1 aromatic rings. The van der Waals surface area contributed by atoms with Crippen LogP contribution in [0.15, 0.2) is 36.0 Å². The van der Waals surface area contributed by atoms with Crippen molar-refractivity contribution in [3.05, 3.63) is 46.2 Å². The molecular formula is C19H23N5O5. The van der Waals surface area contributed by atoms with E-state index in [-0.39, 0.29) is 16.9 Å². The molecule has 154 valence electrons. The minimum absolute atomic E-state index is 0.0124. The van der Waals surface area contributed by atoms with Crippen LogP contribution in [-0.4, -0.2) is 58.5 Å². The molecular weight excluding hydrogens is 378 g/mol. The summed E-state index contributed by atoms with van der Waals surface area (Å²) in [5.41, 5.74) is -1.02. The van der Waals surface area contributed by atoms with Gasteiger partial charge in [-0.1, -0.05) is 12.1 Å². The number of rotatable bonds is 4. The van der Waals surface area contributed by atoms with Crippen LogP contribution in [0.25, 0.3) is 0 Å². The van der Waals surface area contributed by atoms with Crippen LogP contribution in [0.1, 0.15) is 20.8 Å². The van der Waals surface area contributed by atoms with Crippen LogP contribution in [0.4, 0.5) is 16.2 Å². The monoisotopic (exact) mass is 401 g/mol. The zero-order valence-corrected chi connectivity index (χ0v) is 16.5. The van der Waals surface area contributed by atoms with Gasteiger partial charge in [-0.2, -0.15) is 5.26 Å². The molecule has 1 saturated heterocycles. The molecule has 2 amide bonds. The summed E-state index contributed by atoms with van der Waals surface area (Å²) >= 11 is 0. The molecule has 1 aliphatic rings. The van der Waals surface area contributed by atoms with Crippen LogP contribution in [-0.2, 0) is 9.53 Å². The van der Waals surface area contributed by atoms with Gasteiger partial charge in [0.2, 0.25) is 0 Å². The number of hydrogen-bond donors (Lipinski definition) is 1. The Balaban J connectivity index is 2.01. The van der Waals surface area contributed by atoms with Gasteiger partial charge in [0, 0.05) is 38.4 Å². The first kappa shape index (κ1) is 21.7. The highest BCUT2D eigenvalue weighted by Gasteiger charge is 2.26. The highest BCUT2D eigenvalue weighted by atomic mass is 16.6. The predicted molar refractivity (Wildman–Crippen MR) is 105 cm³/mol. The second-order valence-corrected chi connectivity index (χ2v) is 7.39. The molecule has 0 unspecified atom stereocenters. The summed E-state index contributed by atoms with van der Waals surface area (Å²) in [6, 6.07) is 7.51. The van der Waals surface area contributed by atoms with Crippen molar-refractivity contribution in [2.75, 3.05) is 31.5 Å². The first-order valence-corrected chi connectivity index (χ1v) is 8.99. The van der Waals surface area contributed by atoms with Crippen molar-refractivity contribution in [3.63, 3.8) is 0 Å². The number of nitro groups is 1. The summed E-state index contributed by atoms with van der Waals surface area (Å²) in [5, 5.41) is 22.8. The molecule has 10 heteroatoms. The average Bonchev–Trinajstić information content (AvgIpc) is 2.65. The Labute approximate surface area is 168 Å². The Morgan fingerprint density at radius 2 is 1.86 bits per heavy atom. The van der Waals surface area contributed by atoms with E-state index in [1.165, 1.54) is 24.4 Å². The van der Waals surface area contributed by atoms with Crippen molar-refractivity contribution in [1.82, 2.24) is 9.80 Å².